The Kier molecular flexibility index (Phi) is 5.17. The fourth-order valence-corrected chi connectivity index (χ4v) is 4.00. The van der Waals surface area contributed by atoms with Gasteiger partial charge in [0.1, 0.15) is 17.4 Å². The van der Waals surface area contributed by atoms with Gasteiger partial charge in [0.25, 0.3) is 0 Å². The zero-order valence-electron chi connectivity index (χ0n) is 15.6. The molecular formula is C21H19ClF2N2O3. The molecular weight excluding hydrogens is 402 g/mol. The quantitative estimate of drug-likeness (QED) is 0.803. The fraction of sp³-hybridized carbons (Fsp3) is 0.333. The van der Waals surface area contributed by atoms with E-state index in [2.05, 4.69) is 5.32 Å². The third-order valence-corrected chi connectivity index (χ3v) is 5.65. The van der Waals surface area contributed by atoms with Gasteiger partial charge in [0, 0.05) is 35.5 Å². The van der Waals surface area contributed by atoms with Crippen LogP contribution in [0.4, 0.5) is 14.5 Å². The van der Waals surface area contributed by atoms with Crippen molar-refractivity contribution in [1.29, 1.82) is 0 Å². The predicted octanol–water partition coefficient (Wildman–Crippen LogP) is 3.65. The van der Waals surface area contributed by atoms with Crippen LogP contribution in [-0.4, -0.2) is 31.5 Å². The molecule has 4 rings (SSSR count). The van der Waals surface area contributed by atoms with E-state index in [9.17, 15) is 18.4 Å². The summed E-state index contributed by atoms with van der Waals surface area (Å²) in [7, 11) is 1.49. The van der Waals surface area contributed by atoms with Gasteiger partial charge in [0.2, 0.25) is 11.8 Å². The Hall–Kier alpha value is -2.67. The largest absolute Gasteiger partial charge is 0.495 e. The van der Waals surface area contributed by atoms with Gasteiger partial charge in [-0.25, -0.2) is 8.78 Å². The molecule has 5 nitrogen and oxygen atoms in total. The highest BCUT2D eigenvalue weighted by molar-refractivity contribution is 6.31. The smallest absolute Gasteiger partial charge is 0.227 e. The zero-order valence-corrected chi connectivity index (χ0v) is 16.4. The van der Waals surface area contributed by atoms with Crippen molar-refractivity contribution in [1.82, 2.24) is 5.32 Å². The summed E-state index contributed by atoms with van der Waals surface area (Å²) in [5.74, 6) is -2.19. The van der Waals surface area contributed by atoms with Gasteiger partial charge in [-0.1, -0.05) is 17.7 Å². The van der Waals surface area contributed by atoms with Crippen LogP contribution < -0.4 is 15.0 Å². The number of nitrogens with zero attached hydrogens (tertiary/aromatic N) is 1. The summed E-state index contributed by atoms with van der Waals surface area (Å²) in [5.41, 5.74) is 0.517. The topological polar surface area (TPSA) is 58.6 Å². The van der Waals surface area contributed by atoms with Crippen LogP contribution in [0.1, 0.15) is 24.3 Å². The molecule has 0 spiro atoms. The van der Waals surface area contributed by atoms with Gasteiger partial charge in [-0.2, -0.15) is 0 Å². The van der Waals surface area contributed by atoms with Crippen LogP contribution in [0.3, 0.4) is 0 Å². The van der Waals surface area contributed by atoms with E-state index >= 15 is 0 Å². The van der Waals surface area contributed by atoms with Gasteiger partial charge in [0.05, 0.1) is 18.7 Å². The summed E-state index contributed by atoms with van der Waals surface area (Å²) < 4.78 is 33.1. The van der Waals surface area contributed by atoms with Crippen molar-refractivity contribution in [3.63, 3.8) is 0 Å². The fourth-order valence-electron chi connectivity index (χ4n) is 3.83. The SMILES string of the molecule is COc1ccc(Cl)cc1N1C[C@H](C(=O)N[C@@H]2C[C@H]2c2c(F)cccc2F)CC1=O. The van der Waals surface area contributed by atoms with E-state index in [0.29, 0.717) is 22.9 Å². The number of carbonyl (C=O) groups is 2. The van der Waals surface area contributed by atoms with Crippen LogP contribution in [0, 0.1) is 17.6 Å². The second-order valence-electron chi connectivity index (χ2n) is 7.31. The Balaban J connectivity index is 1.43. The number of methoxy groups -OCH3 is 1. The molecule has 0 bridgehead atoms. The van der Waals surface area contributed by atoms with Crippen LogP contribution in [0.15, 0.2) is 36.4 Å². The highest BCUT2D eigenvalue weighted by Gasteiger charge is 2.45. The molecule has 29 heavy (non-hydrogen) atoms. The van der Waals surface area contributed by atoms with Crippen molar-refractivity contribution in [3.8, 4) is 5.75 Å². The van der Waals surface area contributed by atoms with Crippen molar-refractivity contribution in [2.24, 2.45) is 5.92 Å². The van der Waals surface area contributed by atoms with Gasteiger partial charge in [-0.3, -0.25) is 9.59 Å². The van der Waals surface area contributed by atoms with Crippen molar-refractivity contribution in [2.45, 2.75) is 24.8 Å². The number of anilines is 1. The molecule has 1 N–H and O–H groups in total. The Labute approximate surface area is 171 Å². The maximum Gasteiger partial charge on any atom is 0.227 e. The Morgan fingerprint density at radius 2 is 1.97 bits per heavy atom. The molecule has 2 aromatic rings. The number of halogens is 3. The zero-order chi connectivity index (χ0) is 20.7. The number of carbonyl (C=O) groups excluding carboxylic acids is 2. The van der Waals surface area contributed by atoms with Crippen LogP contribution in [0.5, 0.6) is 5.75 Å². The Bertz CT molecular complexity index is 964. The molecule has 2 fully saturated rings. The monoisotopic (exact) mass is 420 g/mol. The third-order valence-electron chi connectivity index (χ3n) is 5.42. The Morgan fingerprint density at radius 3 is 2.66 bits per heavy atom. The minimum atomic E-state index is -0.609. The highest BCUT2D eigenvalue weighted by atomic mass is 35.5. The van der Waals surface area contributed by atoms with Crippen LogP contribution in [-0.2, 0) is 9.59 Å². The molecule has 1 aliphatic carbocycles. The minimum absolute atomic E-state index is 0.00517. The summed E-state index contributed by atoms with van der Waals surface area (Å²) in [6.07, 6.45) is 0.517. The average molecular weight is 421 g/mol. The number of hydrogen-bond donors (Lipinski definition) is 1. The standard InChI is InChI=1S/C21H19ClF2N2O3/c1-29-18-6-5-12(22)8-17(18)26-10-11(7-19(26)27)21(28)25-16-9-13(16)20-14(23)3-2-4-15(20)24/h2-6,8,11,13,16H,7,9-10H2,1H3,(H,25,28)/t11-,13-,16-/m1/s1. The number of amides is 2. The molecule has 1 saturated carbocycles. The molecule has 2 aliphatic rings. The van der Waals surface area contributed by atoms with E-state index in [1.54, 1.807) is 18.2 Å². The first-order valence-corrected chi connectivity index (χ1v) is 9.65. The molecule has 1 heterocycles. The normalized spacial score (nSPS) is 23.2. The Morgan fingerprint density at radius 1 is 1.24 bits per heavy atom. The number of hydrogen-bond acceptors (Lipinski definition) is 3. The predicted molar refractivity (Wildman–Crippen MR) is 104 cm³/mol. The molecule has 1 saturated heterocycles. The molecule has 0 radical (unpaired) electrons. The van der Waals surface area contributed by atoms with E-state index in [0.717, 1.165) is 0 Å². The molecule has 0 aromatic heterocycles. The van der Waals surface area contributed by atoms with Crippen LogP contribution in [0.25, 0.3) is 0 Å². The van der Waals surface area contributed by atoms with E-state index in [-0.39, 0.29) is 42.3 Å². The average Bonchev–Trinajstić information content (AvgIpc) is 3.30. The summed E-state index contributed by atoms with van der Waals surface area (Å²) in [6, 6.07) is 8.34. The number of nitrogens with one attached hydrogen (secondary N) is 1. The lowest BCUT2D eigenvalue weighted by Gasteiger charge is -2.20. The summed E-state index contributed by atoms with van der Waals surface area (Å²) in [6.45, 7) is 0.187. The van der Waals surface area contributed by atoms with Crippen molar-refractivity contribution < 1.29 is 23.1 Å². The summed E-state index contributed by atoms with van der Waals surface area (Å²) in [5, 5.41) is 3.28. The molecule has 2 aromatic carbocycles. The lowest BCUT2D eigenvalue weighted by Crippen LogP contribution is -2.35. The second kappa shape index (κ2) is 7.63. The van der Waals surface area contributed by atoms with Crippen LogP contribution >= 0.6 is 11.6 Å². The summed E-state index contributed by atoms with van der Waals surface area (Å²) >= 11 is 6.04. The first kappa shape index (κ1) is 19.6. The van der Waals surface area contributed by atoms with E-state index in [1.165, 1.54) is 30.2 Å². The third kappa shape index (κ3) is 3.79. The molecule has 0 unspecified atom stereocenters. The number of ether oxygens (including phenoxy) is 1. The highest BCUT2D eigenvalue weighted by Crippen LogP contribution is 2.43. The molecule has 3 atom stereocenters. The lowest BCUT2D eigenvalue weighted by molar-refractivity contribution is -0.126. The van der Waals surface area contributed by atoms with E-state index in [4.69, 9.17) is 16.3 Å². The van der Waals surface area contributed by atoms with Gasteiger partial charge in [-0.05, 0) is 36.8 Å². The van der Waals surface area contributed by atoms with Gasteiger partial charge < -0.3 is 15.0 Å². The number of rotatable bonds is 5. The van der Waals surface area contributed by atoms with Gasteiger partial charge >= 0.3 is 0 Å². The maximum absolute atomic E-state index is 13.9. The lowest BCUT2D eigenvalue weighted by atomic mass is 10.1. The maximum atomic E-state index is 13.9. The van der Waals surface area contributed by atoms with Crippen molar-refractivity contribution in [2.75, 3.05) is 18.6 Å². The molecule has 8 heteroatoms. The van der Waals surface area contributed by atoms with Crippen molar-refractivity contribution in [3.05, 3.63) is 58.6 Å². The second-order valence-corrected chi connectivity index (χ2v) is 7.75. The number of benzene rings is 2. The van der Waals surface area contributed by atoms with Crippen LogP contribution in [0.2, 0.25) is 5.02 Å². The molecule has 152 valence electrons. The summed E-state index contributed by atoms with van der Waals surface area (Å²) in [4.78, 5) is 26.6. The molecule has 1 aliphatic heterocycles. The first-order valence-electron chi connectivity index (χ1n) is 9.27. The van der Waals surface area contributed by atoms with Crippen molar-refractivity contribution >= 4 is 29.1 Å². The minimum Gasteiger partial charge on any atom is -0.495 e. The molecule has 2 amide bonds. The van der Waals surface area contributed by atoms with Gasteiger partial charge in [0.15, 0.2) is 0 Å². The first-order chi connectivity index (χ1) is 13.9. The van der Waals surface area contributed by atoms with E-state index < -0.39 is 17.6 Å². The van der Waals surface area contributed by atoms with Gasteiger partial charge in [-0.15, -0.1) is 0 Å². The van der Waals surface area contributed by atoms with E-state index in [1.807, 2.05) is 0 Å².